The minimum Gasteiger partial charge on any atom is -0.349 e. The van der Waals surface area contributed by atoms with Crippen molar-refractivity contribution in [2.45, 2.75) is 6.92 Å². The molecule has 4 nitrogen and oxygen atoms in total. The summed E-state index contributed by atoms with van der Waals surface area (Å²) in [6, 6.07) is 9.27. The second-order valence-corrected chi connectivity index (χ2v) is 4.77. The molecular formula is C11H8O4S. The van der Waals surface area contributed by atoms with E-state index in [0.717, 1.165) is 16.3 Å². The van der Waals surface area contributed by atoms with Crippen LogP contribution in [0.5, 0.6) is 11.5 Å². The SMILES string of the molecule is Cc1c2c(cc3ccccc13)OS(=O)(=O)O2. The monoisotopic (exact) mass is 236 g/mol. The van der Waals surface area contributed by atoms with Crippen molar-refractivity contribution in [3.05, 3.63) is 35.9 Å². The van der Waals surface area contributed by atoms with Crippen LogP contribution in [0.25, 0.3) is 10.8 Å². The predicted molar refractivity (Wildman–Crippen MR) is 58.9 cm³/mol. The highest BCUT2D eigenvalue weighted by molar-refractivity contribution is 7.82. The molecule has 0 aromatic heterocycles. The number of aryl methyl sites for hydroxylation is 1. The van der Waals surface area contributed by atoms with Crippen molar-refractivity contribution in [2.24, 2.45) is 0 Å². The lowest BCUT2D eigenvalue weighted by Gasteiger charge is -2.03. The summed E-state index contributed by atoms with van der Waals surface area (Å²) in [7, 11) is -3.91. The van der Waals surface area contributed by atoms with Gasteiger partial charge in [0.2, 0.25) is 0 Å². The number of rotatable bonds is 0. The smallest absolute Gasteiger partial charge is 0.349 e. The predicted octanol–water partition coefficient (Wildman–Crippen LogP) is 2.16. The molecule has 0 N–H and O–H groups in total. The molecule has 16 heavy (non-hydrogen) atoms. The molecule has 0 amide bonds. The van der Waals surface area contributed by atoms with Crippen LogP contribution in [-0.4, -0.2) is 8.42 Å². The van der Waals surface area contributed by atoms with Gasteiger partial charge in [0.15, 0.2) is 11.5 Å². The van der Waals surface area contributed by atoms with Crippen LogP contribution in [0, 0.1) is 6.92 Å². The van der Waals surface area contributed by atoms with Crippen LogP contribution < -0.4 is 8.37 Å². The third kappa shape index (κ3) is 1.25. The van der Waals surface area contributed by atoms with Gasteiger partial charge in [0.05, 0.1) is 0 Å². The molecule has 0 unspecified atom stereocenters. The van der Waals surface area contributed by atoms with Gasteiger partial charge in [0, 0.05) is 5.56 Å². The van der Waals surface area contributed by atoms with E-state index in [1.807, 2.05) is 31.2 Å². The Labute approximate surface area is 92.7 Å². The summed E-state index contributed by atoms with van der Waals surface area (Å²) in [4.78, 5) is 0. The number of hydrogen-bond donors (Lipinski definition) is 0. The van der Waals surface area contributed by atoms with Crippen molar-refractivity contribution in [2.75, 3.05) is 0 Å². The molecule has 1 aliphatic heterocycles. The first-order chi connectivity index (χ1) is 7.57. The molecule has 0 saturated heterocycles. The molecule has 2 aromatic rings. The van der Waals surface area contributed by atoms with Crippen molar-refractivity contribution in [3.8, 4) is 11.5 Å². The molecule has 0 spiro atoms. The second kappa shape index (κ2) is 2.89. The summed E-state index contributed by atoms with van der Waals surface area (Å²) in [6.07, 6.45) is 0. The standard InChI is InChI=1S/C11H8O4S/c1-7-9-5-3-2-4-8(9)6-10-11(7)15-16(12,13)14-10/h2-6H,1H3. The van der Waals surface area contributed by atoms with Gasteiger partial charge >= 0.3 is 10.4 Å². The van der Waals surface area contributed by atoms with E-state index >= 15 is 0 Å². The minimum absolute atomic E-state index is 0.260. The zero-order chi connectivity index (χ0) is 11.3. The highest BCUT2D eigenvalue weighted by atomic mass is 32.3. The van der Waals surface area contributed by atoms with Gasteiger partial charge < -0.3 is 8.37 Å². The van der Waals surface area contributed by atoms with Gasteiger partial charge in [-0.3, -0.25) is 0 Å². The van der Waals surface area contributed by atoms with Gasteiger partial charge in [0.25, 0.3) is 0 Å². The minimum atomic E-state index is -3.91. The van der Waals surface area contributed by atoms with Crippen LogP contribution in [0.3, 0.4) is 0 Å². The summed E-state index contributed by atoms with van der Waals surface area (Å²) in [6.45, 7) is 1.81. The van der Waals surface area contributed by atoms with Crippen LogP contribution in [0.1, 0.15) is 5.56 Å². The van der Waals surface area contributed by atoms with E-state index in [1.54, 1.807) is 6.07 Å². The molecule has 3 rings (SSSR count). The van der Waals surface area contributed by atoms with E-state index < -0.39 is 10.4 Å². The Morgan fingerprint density at radius 2 is 1.88 bits per heavy atom. The van der Waals surface area contributed by atoms with Crippen LogP contribution in [0.4, 0.5) is 0 Å². The molecule has 0 bridgehead atoms. The van der Waals surface area contributed by atoms with Gasteiger partial charge in [-0.2, -0.15) is 0 Å². The first kappa shape index (κ1) is 9.47. The summed E-state index contributed by atoms with van der Waals surface area (Å²) >= 11 is 0. The van der Waals surface area contributed by atoms with Gasteiger partial charge in [-0.1, -0.05) is 24.3 Å². The molecule has 0 fully saturated rings. The van der Waals surface area contributed by atoms with Crippen LogP contribution in [0.2, 0.25) is 0 Å². The highest BCUT2D eigenvalue weighted by Gasteiger charge is 2.30. The summed E-state index contributed by atoms with van der Waals surface area (Å²) in [5, 5.41) is 1.89. The maximum atomic E-state index is 11.2. The van der Waals surface area contributed by atoms with E-state index in [1.165, 1.54) is 0 Å². The van der Waals surface area contributed by atoms with Crippen molar-refractivity contribution in [1.82, 2.24) is 0 Å². The molecule has 2 aromatic carbocycles. The Bertz CT molecular complexity index is 688. The van der Waals surface area contributed by atoms with E-state index in [2.05, 4.69) is 0 Å². The lowest BCUT2D eigenvalue weighted by Crippen LogP contribution is -2.08. The van der Waals surface area contributed by atoms with Gasteiger partial charge in [-0.15, -0.1) is 8.42 Å². The van der Waals surface area contributed by atoms with Crippen molar-refractivity contribution in [3.63, 3.8) is 0 Å². The number of fused-ring (bicyclic) bond motifs is 2. The third-order valence-electron chi connectivity index (χ3n) is 2.59. The van der Waals surface area contributed by atoms with Gasteiger partial charge in [0.1, 0.15) is 0 Å². The summed E-state index contributed by atoms with van der Waals surface area (Å²) in [5.41, 5.74) is 0.772. The average molecular weight is 236 g/mol. The summed E-state index contributed by atoms with van der Waals surface area (Å²) in [5.74, 6) is 0.551. The average Bonchev–Trinajstić information content (AvgIpc) is 2.53. The third-order valence-corrected chi connectivity index (χ3v) is 3.35. The zero-order valence-electron chi connectivity index (χ0n) is 8.43. The maximum Gasteiger partial charge on any atom is 0.501 e. The van der Waals surface area contributed by atoms with Crippen LogP contribution in [0.15, 0.2) is 30.3 Å². The largest absolute Gasteiger partial charge is 0.501 e. The first-order valence-corrected chi connectivity index (χ1v) is 6.06. The van der Waals surface area contributed by atoms with E-state index in [4.69, 9.17) is 8.37 Å². The highest BCUT2D eigenvalue weighted by Crippen LogP contribution is 2.42. The molecule has 82 valence electrons. The maximum absolute atomic E-state index is 11.2. The van der Waals surface area contributed by atoms with Gasteiger partial charge in [-0.25, -0.2) is 0 Å². The quantitative estimate of drug-likeness (QED) is 0.703. The molecule has 1 aliphatic rings. The Morgan fingerprint density at radius 1 is 1.12 bits per heavy atom. The van der Waals surface area contributed by atoms with Crippen LogP contribution in [-0.2, 0) is 10.4 Å². The molecule has 0 saturated carbocycles. The van der Waals surface area contributed by atoms with E-state index in [-0.39, 0.29) is 5.75 Å². The Kier molecular flexibility index (Phi) is 1.71. The number of benzene rings is 2. The van der Waals surface area contributed by atoms with Crippen molar-refractivity contribution in [1.29, 1.82) is 0 Å². The Balaban J connectivity index is 2.40. The number of hydrogen-bond acceptors (Lipinski definition) is 4. The lowest BCUT2D eigenvalue weighted by molar-refractivity contribution is 0.436. The first-order valence-electron chi connectivity index (χ1n) is 4.73. The molecular weight excluding hydrogens is 228 g/mol. The van der Waals surface area contributed by atoms with Crippen molar-refractivity contribution >= 4 is 21.2 Å². The fourth-order valence-electron chi connectivity index (χ4n) is 1.87. The molecule has 0 aliphatic carbocycles. The second-order valence-electron chi connectivity index (χ2n) is 3.62. The fraction of sp³-hybridized carbons (Fsp3) is 0.0909. The molecule has 0 radical (unpaired) electrons. The lowest BCUT2D eigenvalue weighted by atomic mass is 10.0. The molecule has 0 atom stereocenters. The van der Waals surface area contributed by atoms with E-state index in [9.17, 15) is 8.42 Å². The Hall–Kier alpha value is -1.75. The topological polar surface area (TPSA) is 52.6 Å². The van der Waals surface area contributed by atoms with E-state index in [0.29, 0.717) is 5.75 Å². The van der Waals surface area contributed by atoms with Crippen LogP contribution >= 0.6 is 0 Å². The van der Waals surface area contributed by atoms with Crippen molar-refractivity contribution < 1.29 is 16.8 Å². The Morgan fingerprint density at radius 3 is 2.69 bits per heavy atom. The zero-order valence-corrected chi connectivity index (χ0v) is 9.24. The molecule has 5 heteroatoms. The normalized spacial score (nSPS) is 16.6. The van der Waals surface area contributed by atoms with Gasteiger partial charge in [-0.05, 0) is 23.8 Å². The fourth-order valence-corrected chi connectivity index (χ4v) is 2.66. The summed E-state index contributed by atoms with van der Waals surface area (Å²) < 4.78 is 31.9. The molecule has 1 heterocycles.